The van der Waals surface area contributed by atoms with E-state index < -0.39 is 103 Å². The standard InChI is InChI=1S/C36H52N6O11/c1-7-13-51-35(49)41-27-17-29(44)53-22(6)30(42-36(50)52-19-23-11-9-8-10-12-23)34(48)38-18-24(32(46)40-26(31(37)45)15-21(4)5)16-28(43)25(14-20(2)3)39-33(27)47/h7-12,20-22,24-27,30H,1,13-19H2,2-6H3,(H2,37,45)(H,38,48)(H,39,47)(H,40,46)(H,41,49)(H,42,50)/t22-,24-,25+,26+,27+,30+/m1/s1. The lowest BCUT2D eigenvalue weighted by molar-refractivity contribution is -0.152. The third-order valence-electron chi connectivity index (χ3n) is 7.99. The number of carbonyl (C=O) groups is 8. The van der Waals surface area contributed by atoms with Gasteiger partial charge >= 0.3 is 18.2 Å². The number of alkyl carbamates (subject to hydrolysis) is 2. The first-order valence-corrected chi connectivity index (χ1v) is 17.4. The van der Waals surface area contributed by atoms with Crippen molar-refractivity contribution in [1.29, 1.82) is 0 Å². The van der Waals surface area contributed by atoms with Gasteiger partial charge in [0.2, 0.25) is 23.6 Å². The number of benzene rings is 1. The van der Waals surface area contributed by atoms with Crippen LogP contribution in [0.25, 0.3) is 0 Å². The molecule has 1 saturated heterocycles. The van der Waals surface area contributed by atoms with E-state index in [1.165, 1.54) is 13.0 Å². The van der Waals surface area contributed by atoms with Crippen molar-refractivity contribution in [2.24, 2.45) is 23.5 Å². The molecule has 0 spiro atoms. The summed E-state index contributed by atoms with van der Waals surface area (Å²) >= 11 is 0. The van der Waals surface area contributed by atoms with E-state index >= 15 is 0 Å². The van der Waals surface area contributed by atoms with E-state index in [9.17, 15) is 38.4 Å². The lowest BCUT2D eigenvalue weighted by Gasteiger charge is -2.26. The van der Waals surface area contributed by atoms with E-state index in [0.29, 0.717) is 5.56 Å². The van der Waals surface area contributed by atoms with Crippen molar-refractivity contribution in [3.63, 3.8) is 0 Å². The molecule has 53 heavy (non-hydrogen) atoms. The van der Waals surface area contributed by atoms with Crippen LogP contribution in [0.2, 0.25) is 0 Å². The van der Waals surface area contributed by atoms with E-state index in [0.717, 1.165) is 0 Å². The number of hydrogen-bond acceptors (Lipinski definition) is 11. The van der Waals surface area contributed by atoms with Crippen LogP contribution in [0.15, 0.2) is 43.0 Å². The second-order valence-electron chi connectivity index (χ2n) is 13.6. The second kappa shape index (κ2) is 21.8. The summed E-state index contributed by atoms with van der Waals surface area (Å²) in [5, 5.41) is 12.3. The number of amides is 6. The molecular formula is C36H52N6O11. The van der Waals surface area contributed by atoms with Gasteiger partial charge in [0.15, 0.2) is 5.78 Å². The smallest absolute Gasteiger partial charge is 0.408 e. The van der Waals surface area contributed by atoms with Gasteiger partial charge in [0.1, 0.15) is 37.4 Å². The van der Waals surface area contributed by atoms with Gasteiger partial charge in [-0.05, 0) is 37.2 Å². The Bertz CT molecular complexity index is 1470. The summed E-state index contributed by atoms with van der Waals surface area (Å²) in [6, 6.07) is 3.19. The molecule has 17 nitrogen and oxygen atoms in total. The van der Waals surface area contributed by atoms with Gasteiger partial charge in [0, 0.05) is 13.0 Å². The SMILES string of the molecule is C=CCOC(=O)N[C@H]1CC(=O)O[C@H](C)[C@H](NC(=O)OCc2ccccc2)C(=O)NC[C@H](C(=O)N[C@@H](CC(C)C)C(N)=O)CC(=O)[C@H](CC(C)C)NC1=O. The van der Waals surface area contributed by atoms with E-state index in [4.69, 9.17) is 19.9 Å². The summed E-state index contributed by atoms with van der Waals surface area (Å²) in [5.74, 6) is -6.57. The molecule has 1 fully saturated rings. The van der Waals surface area contributed by atoms with Crippen molar-refractivity contribution >= 4 is 47.6 Å². The molecule has 7 N–H and O–H groups in total. The highest BCUT2D eigenvalue weighted by Crippen LogP contribution is 2.16. The molecule has 0 radical (unpaired) electrons. The van der Waals surface area contributed by atoms with Crippen LogP contribution >= 0.6 is 0 Å². The molecule has 17 heteroatoms. The summed E-state index contributed by atoms with van der Waals surface area (Å²) in [7, 11) is 0. The van der Waals surface area contributed by atoms with Crippen LogP contribution < -0.4 is 32.3 Å². The van der Waals surface area contributed by atoms with Gasteiger partial charge in [0.05, 0.1) is 18.4 Å². The largest absolute Gasteiger partial charge is 0.460 e. The lowest BCUT2D eigenvalue weighted by Crippen LogP contribution is -2.55. The molecule has 0 saturated carbocycles. The highest BCUT2D eigenvalue weighted by atomic mass is 16.6. The monoisotopic (exact) mass is 744 g/mol. The van der Waals surface area contributed by atoms with Crippen LogP contribution in [0.1, 0.15) is 65.9 Å². The summed E-state index contributed by atoms with van der Waals surface area (Å²) in [6.07, 6.45) is -3.19. The van der Waals surface area contributed by atoms with Crippen LogP contribution in [0.3, 0.4) is 0 Å². The summed E-state index contributed by atoms with van der Waals surface area (Å²) in [4.78, 5) is 105. The Kier molecular flexibility index (Phi) is 18.0. The number of rotatable bonds is 13. The quantitative estimate of drug-likeness (QED) is 0.0949. The predicted molar refractivity (Wildman–Crippen MR) is 190 cm³/mol. The molecule has 0 bridgehead atoms. The zero-order valence-corrected chi connectivity index (χ0v) is 30.8. The molecule has 1 aliphatic rings. The number of ketones is 1. The predicted octanol–water partition coefficient (Wildman–Crippen LogP) is 1.14. The maximum atomic E-state index is 13.8. The molecule has 6 amide bonds. The van der Waals surface area contributed by atoms with E-state index in [-0.39, 0.29) is 37.9 Å². The molecule has 292 valence electrons. The van der Waals surface area contributed by atoms with Crippen molar-refractivity contribution in [3.05, 3.63) is 48.6 Å². The first kappa shape index (κ1) is 43.7. The minimum atomic E-state index is -1.61. The van der Waals surface area contributed by atoms with Crippen LogP contribution in [0.4, 0.5) is 9.59 Å². The zero-order chi connectivity index (χ0) is 39.7. The van der Waals surface area contributed by atoms with Gasteiger partial charge in [-0.15, -0.1) is 0 Å². The Labute approximate surface area is 308 Å². The van der Waals surface area contributed by atoms with E-state index in [1.54, 1.807) is 44.2 Å². The first-order chi connectivity index (χ1) is 25.0. The minimum absolute atomic E-state index is 0.0408. The van der Waals surface area contributed by atoms with Crippen LogP contribution in [-0.4, -0.2) is 91.0 Å². The van der Waals surface area contributed by atoms with Crippen molar-refractivity contribution < 1.29 is 52.6 Å². The maximum absolute atomic E-state index is 13.8. The van der Waals surface area contributed by atoms with E-state index in [1.807, 2.05) is 13.8 Å². The molecule has 0 aromatic heterocycles. The van der Waals surface area contributed by atoms with Crippen LogP contribution in [0.5, 0.6) is 0 Å². The number of ether oxygens (including phenoxy) is 3. The fourth-order valence-corrected chi connectivity index (χ4v) is 5.30. The van der Waals surface area contributed by atoms with E-state index in [2.05, 4.69) is 33.2 Å². The fourth-order valence-electron chi connectivity index (χ4n) is 5.30. The third-order valence-corrected chi connectivity index (χ3v) is 7.99. The average molecular weight is 745 g/mol. The Balaban J connectivity index is 2.52. The number of nitrogens with two attached hydrogens (primary N) is 1. The number of primary amides is 1. The van der Waals surface area contributed by atoms with Gasteiger partial charge in [0.25, 0.3) is 0 Å². The molecule has 1 heterocycles. The zero-order valence-electron chi connectivity index (χ0n) is 30.8. The number of nitrogens with one attached hydrogen (secondary N) is 5. The highest BCUT2D eigenvalue weighted by Gasteiger charge is 2.37. The number of hydrogen-bond donors (Lipinski definition) is 6. The minimum Gasteiger partial charge on any atom is -0.460 e. The van der Waals surface area contributed by atoms with Gasteiger partial charge in [-0.25, -0.2) is 9.59 Å². The molecule has 1 aromatic rings. The normalized spacial score (nSPS) is 22.1. The van der Waals surface area contributed by atoms with Crippen molar-refractivity contribution in [1.82, 2.24) is 26.6 Å². The Morgan fingerprint density at radius 1 is 0.962 bits per heavy atom. The molecule has 1 aliphatic heterocycles. The molecule has 2 rings (SSSR count). The Hall–Kier alpha value is -5.48. The molecular weight excluding hydrogens is 692 g/mol. The van der Waals surface area contributed by atoms with Crippen molar-refractivity contribution in [3.8, 4) is 0 Å². The summed E-state index contributed by atoms with van der Waals surface area (Å²) in [6.45, 7) is 11.1. The molecule has 6 atom stereocenters. The van der Waals surface area contributed by atoms with Crippen LogP contribution in [0, 0.1) is 17.8 Å². The molecule has 0 unspecified atom stereocenters. The maximum Gasteiger partial charge on any atom is 0.408 e. The summed E-state index contributed by atoms with van der Waals surface area (Å²) in [5.41, 5.74) is 6.19. The van der Waals surface area contributed by atoms with Gasteiger partial charge in [-0.1, -0.05) is 70.7 Å². The lowest BCUT2D eigenvalue weighted by atomic mass is 9.92. The summed E-state index contributed by atoms with van der Waals surface area (Å²) < 4.78 is 15.6. The van der Waals surface area contributed by atoms with Crippen molar-refractivity contribution in [2.45, 2.75) is 97.2 Å². The topological polar surface area (TPSA) is 250 Å². The highest BCUT2D eigenvalue weighted by molar-refractivity contribution is 5.97. The van der Waals surface area contributed by atoms with Crippen molar-refractivity contribution in [2.75, 3.05) is 13.2 Å². The average Bonchev–Trinajstić information content (AvgIpc) is 3.08. The Morgan fingerprint density at radius 2 is 1.62 bits per heavy atom. The number of esters is 1. The third kappa shape index (κ3) is 15.7. The van der Waals surface area contributed by atoms with Gasteiger partial charge in [-0.3, -0.25) is 28.8 Å². The van der Waals surface area contributed by atoms with Gasteiger partial charge in [-0.2, -0.15) is 0 Å². The van der Waals surface area contributed by atoms with Crippen LogP contribution in [-0.2, 0) is 49.6 Å². The number of cyclic esters (lactones) is 1. The molecule has 0 aliphatic carbocycles. The van der Waals surface area contributed by atoms with Gasteiger partial charge < -0.3 is 46.5 Å². The first-order valence-electron chi connectivity index (χ1n) is 17.4. The number of Topliss-reactive ketones (excluding diaryl/α,β-unsaturated/α-hetero) is 1. The number of carbonyl (C=O) groups excluding carboxylic acids is 8. The Morgan fingerprint density at radius 3 is 2.23 bits per heavy atom. The fraction of sp³-hybridized carbons (Fsp3) is 0.556. The molecule has 1 aromatic carbocycles. The second-order valence-corrected chi connectivity index (χ2v) is 13.6.